The molecule has 3 aromatic carbocycles. The maximum Gasteiger partial charge on any atom is 0.268 e. The van der Waals surface area contributed by atoms with Gasteiger partial charge in [-0.25, -0.2) is 4.99 Å². The van der Waals surface area contributed by atoms with Crippen molar-refractivity contribution in [3.63, 3.8) is 0 Å². The van der Waals surface area contributed by atoms with Crippen LogP contribution < -0.4 is 15.4 Å². The number of Topliss-reactive ketones (excluding diaryl/α,β-unsaturated/α-hetero) is 1. The molecule has 1 fully saturated rings. The lowest BCUT2D eigenvalue weighted by atomic mass is 10.1. The summed E-state index contributed by atoms with van der Waals surface area (Å²) in [6.45, 7) is 5.17. The van der Waals surface area contributed by atoms with Gasteiger partial charge in [0.25, 0.3) is 5.91 Å². The Morgan fingerprint density at radius 1 is 1.05 bits per heavy atom. The number of nitrogens with one attached hydrogen (secondary N) is 2. The van der Waals surface area contributed by atoms with E-state index in [0.717, 1.165) is 22.6 Å². The maximum atomic E-state index is 13.5. The predicted molar refractivity (Wildman–Crippen MR) is 150 cm³/mol. The molecule has 0 bridgehead atoms. The van der Waals surface area contributed by atoms with Gasteiger partial charge in [-0.2, -0.15) is 0 Å². The summed E-state index contributed by atoms with van der Waals surface area (Å²) >= 11 is 1.31. The second kappa shape index (κ2) is 12.3. The fourth-order valence-electron chi connectivity index (χ4n) is 3.83. The largest absolute Gasteiger partial charge is 0.497 e. The van der Waals surface area contributed by atoms with Crippen LogP contribution in [0, 0.1) is 0 Å². The molecule has 0 spiro atoms. The summed E-state index contributed by atoms with van der Waals surface area (Å²) in [6.07, 6.45) is 1.74. The summed E-state index contributed by atoms with van der Waals surface area (Å²) in [4.78, 5) is 32.6. The smallest absolute Gasteiger partial charge is 0.268 e. The molecular formula is C29H30N4O3S. The van der Waals surface area contributed by atoms with E-state index in [0.29, 0.717) is 41.0 Å². The van der Waals surface area contributed by atoms with Crippen LogP contribution in [0.3, 0.4) is 0 Å². The monoisotopic (exact) mass is 514 g/mol. The molecule has 1 aliphatic rings. The van der Waals surface area contributed by atoms with Crippen LogP contribution in [0.1, 0.15) is 35.3 Å². The van der Waals surface area contributed by atoms with Crippen LogP contribution >= 0.6 is 11.8 Å². The molecule has 3 aromatic rings. The zero-order valence-corrected chi connectivity index (χ0v) is 22.0. The second-order valence-electron chi connectivity index (χ2n) is 8.43. The number of ketones is 1. The fraction of sp³-hybridized carbons (Fsp3) is 0.207. The fourth-order valence-corrected chi connectivity index (χ4v) is 4.77. The summed E-state index contributed by atoms with van der Waals surface area (Å²) in [5.41, 5.74) is 4.03. The highest BCUT2D eigenvalue weighted by atomic mass is 32.2. The van der Waals surface area contributed by atoms with Crippen molar-refractivity contribution in [2.24, 2.45) is 4.99 Å². The van der Waals surface area contributed by atoms with Crippen molar-refractivity contribution < 1.29 is 14.3 Å². The molecule has 1 heterocycles. The number of amides is 1. The van der Waals surface area contributed by atoms with Gasteiger partial charge in [-0.15, -0.1) is 0 Å². The average Bonchev–Trinajstić information content (AvgIpc) is 3.19. The molecule has 1 amide bonds. The van der Waals surface area contributed by atoms with Crippen molar-refractivity contribution in [3.05, 3.63) is 101 Å². The van der Waals surface area contributed by atoms with Crippen LogP contribution in [0.15, 0.2) is 88.9 Å². The Balaban J connectivity index is 1.64. The number of nitrogens with zero attached hydrogens (tertiary/aromatic N) is 2. The van der Waals surface area contributed by atoms with Gasteiger partial charge in [-0.1, -0.05) is 42.5 Å². The minimum atomic E-state index is -0.126. The van der Waals surface area contributed by atoms with Gasteiger partial charge in [0.2, 0.25) is 0 Å². The second-order valence-corrected chi connectivity index (χ2v) is 9.44. The van der Waals surface area contributed by atoms with Gasteiger partial charge in [-0.3, -0.25) is 14.5 Å². The van der Waals surface area contributed by atoms with E-state index in [1.54, 1.807) is 30.3 Å². The minimum absolute atomic E-state index is 0.0388. The van der Waals surface area contributed by atoms with Gasteiger partial charge in [0, 0.05) is 24.9 Å². The van der Waals surface area contributed by atoms with Crippen molar-refractivity contribution in [2.45, 2.75) is 26.9 Å². The molecule has 0 aromatic heterocycles. The van der Waals surface area contributed by atoms with Crippen molar-refractivity contribution in [2.75, 3.05) is 19.0 Å². The summed E-state index contributed by atoms with van der Waals surface area (Å²) < 4.78 is 5.29. The number of carbonyl (C=O) groups excluding carboxylic acids is 2. The maximum absolute atomic E-state index is 13.5. The minimum Gasteiger partial charge on any atom is -0.497 e. The van der Waals surface area contributed by atoms with E-state index in [2.05, 4.69) is 10.6 Å². The van der Waals surface area contributed by atoms with E-state index < -0.39 is 0 Å². The van der Waals surface area contributed by atoms with Crippen LogP contribution in [0.5, 0.6) is 5.75 Å². The average molecular weight is 515 g/mol. The Bertz CT molecular complexity index is 1340. The van der Waals surface area contributed by atoms with Crippen LogP contribution in [-0.4, -0.2) is 35.4 Å². The highest BCUT2D eigenvalue weighted by Gasteiger charge is 2.33. The molecule has 0 atom stereocenters. The first kappa shape index (κ1) is 26.0. The van der Waals surface area contributed by atoms with Crippen molar-refractivity contribution in [1.29, 1.82) is 0 Å². The number of ether oxygens (including phenoxy) is 1. The summed E-state index contributed by atoms with van der Waals surface area (Å²) in [7, 11) is 1.64. The zero-order valence-electron chi connectivity index (χ0n) is 21.2. The number of amidine groups is 1. The normalized spacial score (nSPS) is 15.3. The molecule has 0 saturated carbocycles. The third-order valence-electron chi connectivity index (χ3n) is 5.73. The zero-order chi connectivity index (χ0) is 26.2. The number of hydrogen-bond donors (Lipinski definition) is 2. The van der Waals surface area contributed by atoms with Crippen molar-refractivity contribution in [1.82, 2.24) is 10.2 Å². The molecule has 37 heavy (non-hydrogen) atoms. The number of hydrogen-bond acceptors (Lipinski definition) is 7. The van der Waals surface area contributed by atoms with E-state index in [1.807, 2.05) is 67.6 Å². The number of aliphatic imine (C=N–C) groups is 1. The van der Waals surface area contributed by atoms with E-state index in [-0.39, 0.29) is 11.7 Å². The lowest BCUT2D eigenvalue weighted by Crippen LogP contribution is -2.28. The number of rotatable bonds is 10. The van der Waals surface area contributed by atoms with Crippen LogP contribution in [0.4, 0.5) is 11.4 Å². The molecular weight excluding hydrogens is 484 g/mol. The SMILES string of the molecule is CCNc1ccc(C(C)=O)cc1N=C1SC(=CNCc2cccc(OC)c2)C(=O)N1Cc1ccccc1. The summed E-state index contributed by atoms with van der Waals surface area (Å²) in [5, 5.41) is 7.11. The molecule has 8 heteroatoms. The van der Waals surface area contributed by atoms with Gasteiger partial charge in [0.05, 0.1) is 29.9 Å². The molecule has 1 saturated heterocycles. The Kier molecular flexibility index (Phi) is 8.64. The third-order valence-corrected chi connectivity index (χ3v) is 6.74. The van der Waals surface area contributed by atoms with Gasteiger partial charge < -0.3 is 15.4 Å². The van der Waals surface area contributed by atoms with Crippen molar-refractivity contribution >= 4 is 40.0 Å². The highest BCUT2D eigenvalue weighted by Crippen LogP contribution is 2.36. The molecule has 0 unspecified atom stereocenters. The quantitative estimate of drug-likeness (QED) is 0.266. The van der Waals surface area contributed by atoms with Gasteiger partial charge >= 0.3 is 0 Å². The first-order valence-corrected chi connectivity index (χ1v) is 12.9. The lowest BCUT2D eigenvalue weighted by Gasteiger charge is -2.16. The number of benzene rings is 3. The van der Waals surface area contributed by atoms with Crippen LogP contribution in [-0.2, 0) is 17.9 Å². The molecule has 0 aliphatic carbocycles. The number of carbonyl (C=O) groups is 2. The molecule has 1 aliphatic heterocycles. The lowest BCUT2D eigenvalue weighted by molar-refractivity contribution is -0.122. The Morgan fingerprint density at radius 3 is 2.57 bits per heavy atom. The molecule has 2 N–H and O–H groups in total. The number of anilines is 1. The Morgan fingerprint density at radius 2 is 1.84 bits per heavy atom. The standard InChI is InChI=1S/C29H30N4O3S/c1-4-31-25-14-13-23(20(2)34)16-26(25)32-29-33(19-21-9-6-5-7-10-21)28(35)27(37-29)18-30-17-22-11-8-12-24(15-22)36-3/h5-16,18,30-31H,4,17,19H2,1-3H3. The number of methoxy groups -OCH3 is 1. The molecule has 190 valence electrons. The Hall–Kier alpha value is -4.04. The third kappa shape index (κ3) is 6.59. The van der Waals surface area contributed by atoms with E-state index in [4.69, 9.17) is 9.73 Å². The van der Waals surface area contributed by atoms with Gasteiger partial charge in [-0.05, 0) is 67.1 Å². The molecule has 7 nitrogen and oxygen atoms in total. The van der Waals surface area contributed by atoms with E-state index in [1.165, 1.54) is 18.7 Å². The van der Waals surface area contributed by atoms with E-state index >= 15 is 0 Å². The predicted octanol–water partition coefficient (Wildman–Crippen LogP) is 5.72. The Labute approximate surface area is 221 Å². The van der Waals surface area contributed by atoms with Gasteiger partial charge in [0.15, 0.2) is 11.0 Å². The summed E-state index contributed by atoms with van der Waals surface area (Å²) in [6, 6.07) is 23.0. The summed E-state index contributed by atoms with van der Waals surface area (Å²) in [5.74, 6) is 0.618. The topological polar surface area (TPSA) is 83.0 Å². The van der Waals surface area contributed by atoms with Crippen molar-refractivity contribution in [3.8, 4) is 5.75 Å². The van der Waals surface area contributed by atoms with Crippen LogP contribution in [0.25, 0.3) is 0 Å². The van der Waals surface area contributed by atoms with E-state index in [9.17, 15) is 9.59 Å². The molecule has 0 radical (unpaired) electrons. The highest BCUT2D eigenvalue weighted by molar-refractivity contribution is 8.18. The first-order chi connectivity index (χ1) is 18.0. The van der Waals surface area contributed by atoms with Crippen LogP contribution in [0.2, 0.25) is 0 Å². The first-order valence-electron chi connectivity index (χ1n) is 12.1. The molecule has 4 rings (SSSR count). The van der Waals surface area contributed by atoms with Gasteiger partial charge in [0.1, 0.15) is 5.75 Å². The number of thioether (sulfide) groups is 1.